The largest absolute Gasteiger partial charge is 0.497 e. The number of aromatic nitrogens is 1. The van der Waals surface area contributed by atoms with Crippen molar-refractivity contribution in [2.24, 2.45) is 4.99 Å². The second kappa shape index (κ2) is 8.16. The van der Waals surface area contributed by atoms with Crippen LogP contribution < -0.4 is 19.6 Å². The van der Waals surface area contributed by atoms with Crippen LogP contribution in [0.15, 0.2) is 68.1 Å². The number of rotatable bonds is 5. The summed E-state index contributed by atoms with van der Waals surface area (Å²) in [6, 6.07) is 10.2. The number of furan rings is 1. The van der Waals surface area contributed by atoms with E-state index in [9.17, 15) is 9.59 Å². The van der Waals surface area contributed by atoms with Crippen LogP contribution >= 0.6 is 11.3 Å². The molecule has 4 rings (SSSR count). The van der Waals surface area contributed by atoms with Gasteiger partial charge in [-0.2, -0.15) is 0 Å². The molecule has 154 valence electrons. The monoisotopic (exact) mass is 424 g/mol. The summed E-state index contributed by atoms with van der Waals surface area (Å²) >= 11 is 1.25. The molecule has 0 saturated carbocycles. The maximum absolute atomic E-state index is 13.3. The Bertz CT molecular complexity index is 1280. The number of methoxy groups -OCH3 is 1. The molecule has 3 heterocycles. The van der Waals surface area contributed by atoms with Gasteiger partial charge in [0.25, 0.3) is 5.56 Å². The lowest BCUT2D eigenvalue weighted by atomic mass is 9.96. The highest BCUT2D eigenvalue weighted by Crippen LogP contribution is 2.31. The summed E-state index contributed by atoms with van der Waals surface area (Å²) in [5, 5.41) is 0. The summed E-state index contributed by atoms with van der Waals surface area (Å²) in [7, 11) is 1.58. The summed E-state index contributed by atoms with van der Waals surface area (Å²) in [5.74, 6) is 0.768. The Kier molecular flexibility index (Phi) is 5.41. The molecule has 0 unspecified atom stereocenters. The Morgan fingerprint density at radius 3 is 2.70 bits per heavy atom. The van der Waals surface area contributed by atoms with Crippen LogP contribution in [-0.4, -0.2) is 24.3 Å². The maximum atomic E-state index is 13.3. The number of thiazole rings is 1. The van der Waals surface area contributed by atoms with Gasteiger partial charge in [-0.25, -0.2) is 9.79 Å². The molecule has 1 aromatic carbocycles. The van der Waals surface area contributed by atoms with Crippen LogP contribution in [0.2, 0.25) is 0 Å². The second-order valence-corrected chi connectivity index (χ2v) is 7.60. The Balaban J connectivity index is 1.95. The van der Waals surface area contributed by atoms with Gasteiger partial charge in [-0.1, -0.05) is 23.5 Å². The minimum atomic E-state index is -0.648. The van der Waals surface area contributed by atoms with E-state index in [1.54, 1.807) is 62.1 Å². The molecule has 8 heteroatoms. The number of hydrogen-bond acceptors (Lipinski definition) is 7. The van der Waals surface area contributed by atoms with Gasteiger partial charge in [0.2, 0.25) is 0 Å². The first-order valence-electron chi connectivity index (χ1n) is 9.40. The van der Waals surface area contributed by atoms with Crippen molar-refractivity contribution in [3.8, 4) is 5.75 Å². The van der Waals surface area contributed by atoms with Crippen LogP contribution in [-0.2, 0) is 9.53 Å². The first kappa shape index (κ1) is 19.9. The molecule has 3 aromatic rings. The van der Waals surface area contributed by atoms with E-state index in [4.69, 9.17) is 13.9 Å². The third-order valence-corrected chi connectivity index (χ3v) is 5.75. The Morgan fingerprint density at radius 2 is 2.07 bits per heavy atom. The average molecular weight is 424 g/mol. The summed E-state index contributed by atoms with van der Waals surface area (Å²) in [4.78, 5) is 31.2. The summed E-state index contributed by atoms with van der Waals surface area (Å²) in [6.45, 7) is 3.73. The second-order valence-electron chi connectivity index (χ2n) is 6.59. The molecular formula is C22H20N2O5S. The Hall–Kier alpha value is -3.39. The van der Waals surface area contributed by atoms with Crippen LogP contribution in [0.4, 0.5) is 0 Å². The molecule has 0 spiro atoms. The number of carbonyl (C=O) groups excluding carboxylic acids is 1. The smallest absolute Gasteiger partial charge is 0.338 e. The molecule has 0 aliphatic carbocycles. The number of benzene rings is 1. The van der Waals surface area contributed by atoms with Crippen LogP contribution in [0, 0.1) is 0 Å². The number of allylic oxidation sites excluding steroid dienone is 1. The zero-order valence-corrected chi connectivity index (χ0v) is 17.6. The van der Waals surface area contributed by atoms with Crippen molar-refractivity contribution in [1.29, 1.82) is 0 Å². The lowest BCUT2D eigenvalue weighted by Crippen LogP contribution is -2.39. The highest BCUT2D eigenvalue weighted by Gasteiger charge is 2.33. The van der Waals surface area contributed by atoms with Crippen molar-refractivity contribution in [2.75, 3.05) is 13.7 Å². The van der Waals surface area contributed by atoms with Gasteiger partial charge in [-0.05, 0) is 43.7 Å². The van der Waals surface area contributed by atoms with Gasteiger partial charge in [-0.15, -0.1) is 0 Å². The summed E-state index contributed by atoms with van der Waals surface area (Å²) in [5.41, 5.74) is 1.39. The quantitative estimate of drug-likeness (QED) is 0.588. The molecule has 1 aliphatic heterocycles. The zero-order valence-electron chi connectivity index (χ0n) is 16.7. The van der Waals surface area contributed by atoms with E-state index in [0.717, 1.165) is 5.56 Å². The van der Waals surface area contributed by atoms with Crippen molar-refractivity contribution < 1.29 is 18.7 Å². The maximum Gasteiger partial charge on any atom is 0.338 e. The normalized spacial score (nSPS) is 16.2. The van der Waals surface area contributed by atoms with Crippen molar-refractivity contribution in [3.63, 3.8) is 0 Å². The van der Waals surface area contributed by atoms with Gasteiger partial charge >= 0.3 is 5.97 Å². The fourth-order valence-corrected chi connectivity index (χ4v) is 4.42. The molecule has 1 atom stereocenters. The molecule has 0 radical (unpaired) electrons. The van der Waals surface area contributed by atoms with Gasteiger partial charge < -0.3 is 13.9 Å². The first-order valence-corrected chi connectivity index (χ1v) is 10.2. The van der Waals surface area contributed by atoms with Gasteiger partial charge in [0.1, 0.15) is 11.5 Å². The number of fused-ring (bicyclic) bond motifs is 1. The molecule has 0 N–H and O–H groups in total. The van der Waals surface area contributed by atoms with Gasteiger partial charge in [-0.3, -0.25) is 9.36 Å². The number of hydrogen-bond donors (Lipinski definition) is 0. The van der Waals surface area contributed by atoms with Crippen LogP contribution in [0.3, 0.4) is 0 Å². The Labute approximate surface area is 176 Å². The van der Waals surface area contributed by atoms with E-state index < -0.39 is 12.0 Å². The lowest BCUT2D eigenvalue weighted by molar-refractivity contribution is -0.139. The fraction of sp³-hybridized carbons (Fsp3) is 0.227. The van der Waals surface area contributed by atoms with E-state index in [0.29, 0.717) is 32.1 Å². The highest BCUT2D eigenvalue weighted by atomic mass is 32.1. The van der Waals surface area contributed by atoms with Crippen LogP contribution in [0.25, 0.3) is 6.08 Å². The van der Waals surface area contributed by atoms with E-state index in [1.807, 2.05) is 12.1 Å². The van der Waals surface area contributed by atoms with Gasteiger partial charge in [0, 0.05) is 6.08 Å². The van der Waals surface area contributed by atoms with Crippen molar-refractivity contribution in [2.45, 2.75) is 19.9 Å². The standard InChI is InChI=1S/C22H20N2O5S/c1-4-28-21(26)18-13(2)23-22-24(19(18)14-7-9-15(27-3)10-8-14)20(25)17(30-22)12-16-6-5-11-29-16/h5-12,19H,4H2,1-3H3/b17-12+/t19-/m0/s1. The van der Waals surface area contributed by atoms with Crippen molar-refractivity contribution in [3.05, 3.63) is 84.9 Å². The van der Waals surface area contributed by atoms with Crippen LogP contribution in [0.1, 0.15) is 31.2 Å². The third-order valence-electron chi connectivity index (χ3n) is 4.77. The molecule has 7 nitrogen and oxygen atoms in total. The topological polar surface area (TPSA) is 83.0 Å². The zero-order chi connectivity index (χ0) is 21.3. The Morgan fingerprint density at radius 1 is 1.30 bits per heavy atom. The fourth-order valence-electron chi connectivity index (χ4n) is 3.40. The molecule has 1 aliphatic rings. The minimum Gasteiger partial charge on any atom is -0.497 e. The first-order chi connectivity index (χ1) is 14.5. The number of carbonyl (C=O) groups is 1. The van der Waals surface area contributed by atoms with Crippen molar-refractivity contribution >= 4 is 23.4 Å². The van der Waals surface area contributed by atoms with E-state index in [1.165, 1.54) is 11.3 Å². The predicted molar refractivity (Wildman–Crippen MR) is 112 cm³/mol. The lowest BCUT2D eigenvalue weighted by Gasteiger charge is -2.24. The highest BCUT2D eigenvalue weighted by molar-refractivity contribution is 7.07. The van der Waals surface area contributed by atoms with E-state index in [-0.39, 0.29) is 12.2 Å². The molecule has 0 saturated heterocycles. The van der Waals surface area contributed by atoms with Gasteiger partial charge in [0.15, 0.2) is 4.80 Å². The average Bonchev–Trinajstić information content (AvgIpc) is 3.36. The number of esters is 1. The van der Waals surface area contributed by atoms with Crippen LogP contribution in [0.5, 0.6) is 5.75 Å². The molecule has 2 aromatic heterocycles. The molecule has 0 bridgehead atoms. The number of ether oxygens (including phenoxy) is 2. The molecule has 30 heavy (non-hydrogen) atoms. The van der Waals surface area contributed by atoms with Gasteiger partial charge in [0.05, 0.1) is 41.8 Å². The SMILES string of the molecule is CCOC(=O)C1=C(C)N=c2s/c(=C/c3ccco3)c(=O)n2[C@H]1c1ccc(OC)cc1. The third kappa shape index (κ3) is 3.50. The molecule has 0 fully saturated rings. The molecular weight excluding hydrogens is 404 g/mol. The molecule has 0 amide bonds. The minimum absolute atomic E-state index is 0.230. The van der Waals surface area contributed by atoms with E-state index in [2.05, 4.69) is 4.99 Å². The van der Waals surface area contributed by atoms with E-state index >= 15 is 0 Å². The number of nitrogens with zero attached hydrogens (tertiary/aromatic N) is 2. The summed E-state index contributed by atoms with van der Waals surface area (Å²) < 4.78 is 17.9. The predicted octanol–water partition coefficient (Wildman–Crippen LogP) is 2.40. The van der Waals surface area contributed by atoms with Crippen molar-refractivity contribution in [1.82, 2.24) is 4.57 Å². The summed E-state index contributed by atoms with van der Waals surface area (Å²) in [6.07, 6.45) is 3.23.